The third-order valence-electron chi connectivity index (χ3n) is 4.40. The van der Waals surface area contributed by atoms with Crippen molar-refractivity contribution in [3.63, 3.8) is 0 Å². The Bertz CT molecular complexity index is 572. The van der Waals surface area contributed by atoms with Gasteiger partial charge in [-0.1, -0.05) is 0 Å². The van der Waals surface area contributed by atoms with Crippen LogP contribution >= 0.6 is 0 Å². The van der Waals surface area contributed by atoms with Crippen LogP contribution in [-0.4, -0.2) is 54.2 Å². The van der Waals surface area contributed by atoms with Gasteiger partial charge < -0.3 is 14.7 Å². The number of amides is 1. The Morgan fingerprint density at radius 3 is 2.67 bits per heavy atom. The predicted octanol–water partition coefficient (Wildman–Crippen LogP) is 0.961. The Morgan fingerprint density at radius 1 is 1.38 bits per heavy atom. The Hall–Kier alpha value is -2.08. The number of carbonyl (C=O) groups is 2. The van der Waals surface area contributed by atoms with Gasteiger partial charge in [0.25, 0.3) is 0 Å². The molecule has 2 aliphatic heterocycles. The lowest BCUT2D eigenvalue weighted by Crippen LogP contribution is -2.72. The zero-order valence-corrected chi connectivity index (χ0v) is 11.9. The van der Waals surface area contributed by atoms with Gasteiger partial charge in [-0.3, -0.25) is 14.5 Å². The van der Waals surface area contributed by atoms with Gasteiger partial charge in [0.15, 0.2) is 0 Å². The summed E-state index contributed by atoms with van der Waals surface area (Å²) in [6.07, 6.45) is 1.61. The van der Waals surface area contributed by atoms with E-state index in [2.05, 4.69) is 0 Å². The minimum absolute atomic E-state index is 0.00594. The fraction of sp³-hybridized carbons (Fsp3) is 0.467. The molecule has 2 fully saturated rings. The molecule has 2 heterocycles. The second kappa shape index (κ2) is 5.04. The van der Waals surface area contributed by atoms with Crippen LogP contribution in [0.15, 0.2) is 24.3 Å². The molecule has 0 saturated carbocycles. The second-order valence-electron chi connectivity index (χ2n) is 5.54. The van der Waals surface area contributed by atoms with Crippen LogP contribution in [0.4, 0.5) is 5.69 Å². The van der Waals surface area contributed by atoms with Crippen molar-refractivity contribution >= 4 is 17.6 Å². The maximum atomic E-state index is 12.6. The van der Waals surface area contributed by atoms with Gasteiger partial charge in [-0.25, -0.2) is 0 Å². The topological polar surface area (TPSA) is 70.1 Å². The van der Waals surface area contributed by atoms with Crippen molar-refractivity contribution in [1.29, 1.82) is 0 Å². The van der Waals surface area contributed by atoms with Crippen LogP contribution in [0.3, 0.4) is 0 Å². The largest absolute Gasteiger partial charge is 0.497 e. The number of hydrogen-bond donors (Lipinski definition) is 1. The lowest BCUT2D eigenvalue weighted by molar-refractivity contribution is -0.144. The number of carboxylic acids is 1. The Kier molecular flexibility index (Phi) is 3.33. The summed E-state index contributed by atoms with van der Waals surface area (Å²) >= 11 is 0. The third-order valence-corrected chi connectivity index (χ3v) is 4.40. The van der Waals surface area contributed by atoms with Gasteiger partial charge in [-0.05, 0) is 43.7 Å². The van der Waals surface area contributed by atoms with Crippen LogP contribution in [0.25, 0.3) is 0 Å². The number of rotatable bonds is 4. The van der Waals surface area contributed by atoms with Crippen molar-refractivity contribution in [3.8, 4) is 5.75 Å². The number of methoxy groups -OCH3 is 1. The van der Waals surface area contributed by atoms with E-state index in [1.165, 1.54) is 0 Å². The summed E-state index contributed by atoms with van der Waals surface area (Å²) in [5, 5.41) is 8.97. The van der Waals surface area contributed by atoms with E-state index in [1.54, 1.807) is 16.9 Å². The van der Waals surface area contributed by atoms with E-state index in [4.69, 9.17) is 9.84 Å². The number of β-lactam (4-membered cyclic amide) rings is 1. The van der Waals surface area contributed by atoms with E-state index >= 15 is 0 Å². The third kappa shape index (κ3) is 2.15. The van der Waals surface area contributed by atoms with Crippen molar-refractivity contribution in [3.05, 3.63) is 24.3 Å². The maximum absolute atomic E-state index is 12.6. The maximum Gasteiger partial charge on any atom is 0.317 e. The molecule has 1 spiro atoms. The normalized spacial score (nSPS) is 25.2. The van der Waals surface area contributed by atoms with Crippen molar-refractivity contribution in [2.75, 3.05) is 31.6 Å². The number of carbonyl (C=O) groups excluding carboxylic acids is 1. The number of likely N-dealkylation sites (tertiary alicyclic amines) is 1. The van der Waals surface area contributed by atoms with Gasteiger partial charge >= 0.3 is 5.97 Å². The van der Waals surface area contributed by atoms with Crippen LogP contribution in [0.5, 0.6) is 5.75 Å². The smallest absolute Gasteiger partial charge is 0.317 e. The minimum atomic E-state index is -0.882. The van der Waals surface area contributed by atoms with E-state index in [9.17, 15) is 9.59 Å². The molecule has 1 aromatic carbocycles. The first-order chi connectivity index (χ1) is 10.1. The number of hydrogen-bond acceptors (Lipinski definition) is 4. The van der Waals surface area contributed by atoms with Gasteiger partial charge in [0.2, 0.25) is 5.91 Å². The fourth-order valence-corrected chi connectivity index (χ4v) is 3.28. The first-order valence-corrected chi connectivity index (χ1v) is 7.00. The molecule has 3 rings (SSSR count). The Balaban J connectivity index is 1.75. The Morgan fingerprint density at radius 2 is 2.10 bits per heavy atom. The molecule has 2 saturated heterocycles. The molecule has 6 heteroatoms. The van der Waals surface area contributed by atoms with Gasteiger partial charge in [0, 0.05) is 5.69 Å². The van der Waals surface area contributed by atoms with Crippen LogP contribution in [0.2, 0.25) is 0 Å². The lowest BCUT2D eigenvalue weighted by atomic mass is 9.85. The van der Waals surface area contributed by atoms with Crippen LogP contribution in [-0.2, 0) is 9.59 Å². The number of anilines is 1. The van der Waals surface area contributed by atoms with Gasteiger partial charge in [0.1, 0.15) is 11.3 Å². The molecule has 0 radical (unpaired) electrons. The number of aliphatic carboxylic acids is 1. The summed E-state index contributed by atoms with van der Waals surface area (Å²) in [4.78, 5) is 27.0. The van der Waals surface area contributed by atoms with Crippen molar-refractivity contribution in [1.82, 2.24) is 4.90 Å². The van der Waals surface area contributed by atoms with Gasteiger partial charge in [0.05, 0.1) is 20.2 Å². The van der Waals surface area contributed by atoms with Crippen molar-refractivity contribution in [2.45, 2.75) is 18.4 Å². The lowest BCUT2D eigenvalue weighted by Gasteiger charge is -2.50. The molecule has 21 heavy (non-hydrogen) atoms. The summed E-state index contributed by atoms with van der Waals surface area (Å²) in [5.41, 5.74) is 0.229. The molecule has 1 unspecified atom stereocenters. The zero-order valence-electron chi connectivity index (χ0n) is 11.9. The molecule has 1 N–H and O–H groups in total. The SMILES string of the molecule is COc1ccc(N2CC3(CCCN3CC(=O)O)C2=O)cc1. The van der Waals surface area contributed by atoms with E-state index in [0.29, 0.717) is 13.1 Å². The highest BCUT2D eigenvalue weighted by Crippen LogP contribution is 2.41. The average Bonchev–Trinajstić information content (AvgIpc) is 2.89. The van der Waals surface area contributed by atoms with Crippen LogP contribution < -0.4 is 9.64 Å². The molecule has 112 valence electrons. The highest BCUT2D eigenvalue weighted by Gasteiger charge is 2.58. The summed E-state index contributed by atoms with van der Waals surface area (Å²) < 4.78 is 5.10. The molecule has 0 aliphatic carbocycles. The Labute approximate surface area is 122 Å². The fourth-order valence-electron chi connectivity index (χ4n) is 3.28. The summed E-state index contributed by atoms with van der Waals surface area (Å²) in [5.74, 6) is -0.131. The molecule has 1 atom stereocenters. The molecular formula is C15H18N2O4. The molecule has 1 aromatic rings. The van der Waals surface area contributed by atoms with Crippen molar-refractivity contribution in [2.24, 2.45) is 0 Å². The number of ether oxygens (including phenoxy) is 1. The number of carboxylic acid groups (broad SMARTS) is 1. The molecule has 6 nitrogen and oxygen atoms in total. The summed E-state index contributed by atoms with van der Waals surface area (Å²) in [7, 11) is 1.60. The van der Waals surface area contributed by atoms with Gasteiger partial charge in [-0.15, -0.1) is 0 Å². The van der Waals surface area contributed by atoms with Crippen LogP contribution in [0.1, 0.15) is 12.8 Å². The predicted molar refractivity (Wildman–Crippen MR) is 76.5 cm³/mol. The first kappa shape index (κ1) is 13.9. The zero-order chi connectivity index (χ0) is 15.0. The first-order valence-electron chi connectivity index (χ1n) is 7.00. The van der Waals surface area contributed by atoms with Crippen LogP contribution in [0, 0.1) is 0 Å². The van der Waals surface area contributed by atoms with E-state index < -0.39 is 11.5 Å². The highest BCUT2D eigenvalue weighted by atomic mass is 16.5. The monoisotopic (exact) mass is 290 g/mol. The molecule has 1 amide bonds. The van der Waals surface area contributed by atoms with E-state index in [-0.39, 0.29) is 12.5 Å². The standard InChI is InChI=1S/C15H18N2O4/c1-21-12-5-3-11(4-6-12)17-10-15(14(17)20)7-2-8-16(15)9-13(18)19/h3-6H,2,7-10H2,1H3,(H,18,19). The quantitative estimate of drug-likeness (QED) is 0.836. The molecule has 0 bridgehead atoms. The molecular weight excluding hydrogens is 272 g/mol. The number of benzene rings is 1. The summed E-state index contributed by atoms with van der Waals surface area (Å²) in [6.45, 7) is 1.17. The van der Waals surface area contributed by atoms with Crippen molar-refractivity contribution < 1.29 is 19.4 Å². The van der Waals surface area contributed by atoms with E-state index in [1.807, 2.05) is 24.3 Å². The highest BCUT2D eigenvalue weighted by molar-refractivity contribution is 6.08. The molecule has 2 aliphatic rings. The minimum Gasteiger partial charge on any atom is -0.497 e. The van der Waals surface area contributed by atoms with E-state index in [0.717, 1.165) is 24.3 Å². The molecule has 0 aromatic heterocycles. The summed E-state index contributed by atoms with van der Waals surface area (Å²) in [6, 6.07) is 7.33. The average molecular weight is 290 g/mol. The number of nitrogens with zero attached hydrogens (tertiary/aromatic N) is 2. The second-order valence-corrected chi connectivity index (χ2v) is 5.54. The van der Waals surface area contributed by atoms with Gasteiger partial charge in [-0.2, -0.15) is 0 Å².